The van der Waals surface area contributed by atoms with E-state index in [9.17, 15) is 30.6 Å². The van der Waals surface area contributed by atoms with Crippen LogP contribution in [0, 0.1) is 0 Å². The molecule has 0 unspecified atom stereocenters. The van der Waals surface area contributed by atoms with Crippen LogP contribution in [0.15, 0.2) is 30.3 Å². The van der Waals surface area contributed by atoms with Crippen molar-refractivity contribution in [1.82, 2.24) is 0 Å². The summed E-state index contributed by atoms with van der Waals surface area (Å²) in [5, 5.41) is 62.2. The molecule has 1 aromatic rings. The Morgan fingerprint density at radius 1 is 0.703 bits per heavy atom. The van der Waals surface area contributed by atoms with Gasteiger partial charge in [-0.15, -0.1) is 0 Å². The summed E-state index contributed by atoms with van der Waals surface area (Å²) in [5.74, 6) is 0. The van der Waals surface area contributed by atoms with Gasteiger partial charge in [0.15, 0.2) is 20.9 Å². The van der Waals surface area contributed by atoms with E-state index in [2.05, 4.69) is 20.8 Å². The minimum atomic E-state index is -2.18. The summed E-state index contributed by atoms with van der Waals surface area (Å²) in [6, 6.07) is 9.17. The highest BCUT2D eigenvalue weighted by molar-refractivity contribution is 6.74. The molecular formula is C25H42O11Si. The molecular weight excluding hydrogens is 504 g/mol. The van der Waals surface area contributed by atoms with Crippen LogP contribution >= 0.6 is 0 Å². The van der Waals surface area contributed by atoms with E-state index < -0.39 is 69.7 Å². The standard InChI is InChI=1S/C25H42O11Si/c1-25(2,3)37(4,5)34-13-16-18(27)20(29)22(31)24(36-16)33-12-15-17(26)19(28)21(30)23(35-15)32-11-14-9-7-6-8-10-14/h6-10,15-24,26-31H,11-13H2,1-5H3/t15-,16-,17-,18-,19+,20+,21+,22+,23+,24+/m0/s1. The Bertz CT molecular complexity index is 836. The van der Waals surface area contributed by atoms with Crippen molar-refractivity contribution in [2.75, 3.05) is 13.2 Å². The molecule has 0 aromatic heterocycles. The second-order valence-corrected chi connectivity index (χ2v) is 16.0. The fourth-order valence-electron chi connectivity index (χ4n) is 3.83. The third-order valence-electron chi connectivity index (χ3n) is 7.43. The van der Waals surface area contributed by atoms with Crippen molar-refractivity contribution in [2.24, 2.45) is 0 Å². The molecule has 11 nitrogen and oxygen atoms in total. The molecule has 0 spiro atoms. The molecule has 0 bridgehead atoms. The Balaban J connectivity index is 1.60. The van der Waals surface area contributed by atoms with Gasteiger partial charge >= 0.3 is 0 Å². The lowest BCUT2D eigenvalue weighted by molar-refractivity contribution is -0.332. The lowest BCUT2D eigenvalue weighted by Crippen LogP contribution is -2.62. The van der Waals surface area contributed by atoms with Gasteiger partial charge in [0, 0.05) is 0 Å². The molecule has 12 heteroatoms. The van der Waals surface area contributed by atoms with Gasteiger partial charge in [0.2, 0.25) is 0 Å². The first kappa shape index (κ1) is 30.5. The van der Waals surface area contributed by atoms with Crippen molar-refractivity contribution in [2.45, 2.75) is 107 Å². The predicted molar refractivity (Wildman–Crippen MR) is 134 cm³/mol. The summed E-state index contributed by atoms with van der Waals surface area (Å²) < 4.78 is 28.7. The number of hydrogen-bond donors (Lipinski definition) is 6. The molecule has 6 N–H and O–H groups in total. The van der Waals surface area contributed by atoms with Gasteiger partial charge in [0.25, 0.3) is 0 Å². The van der Waals surface area contributed by atoms with Gasteiger partial charge in [-0.2, -0.15) is 0 Å². The van der Waals surface area contributed by atoms with Crippen molar-refractivity contribution >= 4 is 8.32 Å². The van der Waals surface area contributed by atoms with Gasteiger partial charge in [-0.1, -0.05) is 51.1 Å². The summed E-state index contributed by atoms with van der Waals surface area (Å²) in [4.78, 5) is 0. The zero-order chi connectivity index (χ0) is 27.5. The van der Waals surface area contributed by atoms with Crippen LogP contribution < -0.4 is 0 Å². The van der Waals surface area contributed by atoms with Crippen LogP contribution in [0.25, 0.3) is 0 Å². The summed E-state index contributed by atoms with van der Waals surface area (Å²) >= 11 is 0. The second kappa shape index (κ2) is 12.5. The molecule has 212 valence electrons. The van der Waals surface area contributed by atoms with Crippen LogP contribution in [0.4, 0.5) is 0 Å². The summed E-state index contributed by atoms with van der Waals surface area (Å²) in [6.07, 6.45) is -13.8. The first-order valence-electron chi connectivity index (χ1n) is 12.5. The van der Waals surface area contributed by atoms with Crippen molar-refractivity contribution in [3.05, 3.63) is 35.9 Å². The minimum Gasteiger partial charge on any atom is -0.414 e. The van der Waals surface area contributed by atoms with E-state index in [-0.39, 0.29) is 24.9 Å². The van der Waals surface area contributed by atoms with Gasteiger partial charge in [0.05, 0.1) is 19.8 Å². The maximum atomic E-state index is 10.4. The first-order valence-corrected chi connectivity index (χ1v) is 15.4. The van der Waals surface area contributed by atoms with E-state index in [1.54, 1.807) is 0 Å². The molecule has 10 atom stereocenters. The van der Waals surface area contributed by atoms with E-state index in [1.165, 1.54) is 0 Å². The molecule has 2 aliphatic heterocycles. The molecule has 2 aliphatic rings. The van der Waals surface area contributed by atoms with Crippen molar-refractivity contribution < 1.29 is 54.0 Å². The van der Waals surface area contributed by atoms with Crippen LogP contribution in [0.3, 0.4) is 0 Å². The summed E-state index contributed by atoms with van der Waals surface area (Å²) in [7, 11) is -2.18. The van der Waals surface area contributed by atoms with Gasteiger partial charge in [-0.3, -0.25) is 0 Å². The zero-order valence-electron chi connectivity index (χ0n) is 22.0. The fraction of sp³-hybridized carbons (Fsp3) is 0.760. The molecule has 0 aliphatic carbocycles. The SMILES string of the molecule is CC(C)(C)[Si](C)(C)OC[C@@H]1O[C@@H](OC[C@@H]2O[C@@H](OCc3ccccc3)[C@H](O)[C@H](O)[C@H]2O)[C@H](O)[C@H](O)[C@H]1O. The highest BCUT2D eigenvalue weighted by Gasteiger charge is 2.48. The topological polar surface area (TPSA) is 168 Å². The fourth-order valence-corrected chi connectivity index (χ4v) is 4.85. The average Bonchev–Trinajstić information content (AvgIpc) is 2.85. The number of aliphatic hydroxyl groups excluding tert-OH is 6. The average molecular weight is 547 g/mol. The molecule has 0 radical (unpaired) electrons. The molecule has 37 heavy (non-hydrogen) atoms. The lowest BCUT2D eigenvalue weighted by atomic mass is 9.98. The monoisotopic (exact) mass is 546 g/mol. The van der Waals surface area contributed by atoms with Crippen LogP contribution in [-0.2, 0) is 30.0 Å². The van der Waals surface area contributed by atoms with E-state index in [1.807, 2.05) is 43.4 Å². The Labute approximate surface area is 218 Å². The molecule has 0 saturated carbocycles. The maximum Gasteiger partial charge on any atom is 0.192 e. The van der Waals surface area contributed by atoms with Crippen LogP contribution in [0.1, 0.15) is 26.3 Å². The summed E-state index contributed by atoms with van der Waals surface area (Å²) in [6.45, 7) is 10.0. The molecule has 2 heterocycles. The zero-order valence-corrected chi connectivity index (χ0v) is 23.0. The van der Waals surface area contributed by atoms with E-state index in [0.29, 0.717) is 0 Å². The Kier molecular flexibility index (Phi) is 10.3. The van der Waals surface area contributed by atoms with E-state index >= 15 is 0 Å². The number of rotatable bonds is 9. The van der Waals surface area contributed by atoms with Crippen LogP contribution in [-0.4, -0.2) is 114 Å². The minimum absolute atomic E-state index is 0.00976. The Morgan fingerprint density at radius 3 is 1.70 bits per heavy atom. The molecule has 3 rings (SSSR count). The van der Waals surface area contributed by atoms with Crippen LogP contribution in [0.2, 0.25) is 18.1 Å². The number of aliphatic hydroxyl groups is 6. The second-order valence-electron chi connectivity index (χ2n) is 11.2. The maximum absolute atomic E-state index is 10.4. The van der Waals surface area contributed by atoms with E-state index in [0.717, 1.165) is 5.56 Å². The van der Waals surface area contributed by atoms with E-state index in [4.69, 9.17) is 23.4 Å². The molecule has 1 aromatic carbocycles. The third kappa shape index (κ3) is 7.35. The largest absolute Gasteiger partial charge is 0.414 e. The third-order valence-corrected chi connectivity index (χ3v) is 11.9. The lowest BCUT2D eigenvalue weighted by Gasteiger charge is -2.44. The Hall–Kier alpha value is -1.00. The van der Waals surface area contributed by atoms with Gasteiger partial charge in [-0.05, 0) is 23.7 Å². The highest BCUT2D eigenvalue weighted by atomic mass is 28.4. The quantitative estimate of drug-likeness (QED) is 0.228. The van der Waals surface area contributed by atoms with Gasteiger partial charge in [0.1, 0.15) is 48.8 Å². The highest BCUT2D eigenvalue weighted by Crippen LogP contribution is 2.37. The number of ether oxygens (including phenoxy) is 4. The van der Waals surface area contributed by atoms with Gasteiger partial charge in [-0.25, -0.2) is 0 Å². The normalized spacial score (nSPS) is 37.5. The summed E-state index contributed by atoms with van der Waals surface area (Å²) in [5.41, 5.74) is 0.823. The van der Waals surface area contributed by atoms with Crippen LogP contribution in [0.5, 0.6) is 0 Å². The van der Waals surface area contributed by atoms with Crippen molar-refractivity contribution in [3.63, 3.8) is 0 Å². The Morgan fingerprint density at radius 2 is 1.19 bits per heavy atom. The first-order chi connectivity index (χ1) is 17.2. The van der Waals surface area contributed by atoms with Crippen molar-refractivity contribution in [3.8, 4) is 0 Å². The number of benzene rings is 1. The van der Waals surface area contributed by atoms with Gasteiger partial charge < -0.3 is 54.0 Å². The smallest absolute Gasteiger partial charge is 0.192 e. The molecule has 2 saturated heterocycles. The predicted octanol–water partition coefficient (Wildman–Crippen LogP) is -0.143. The van der Waals surface area contributed by atoms with Crippen molar-refractivity contribution in [1.29, 1.82) is 0 Å². The number of hydrogen-bond acceptors (Lipinski definition) is 11. The molecule has 0 amide bonds. The molecule has 2 fully saturated rings.